The van der Waals surface area contributed by atoms with Gasteiger partial charge in [0.25, 0.3) is 0 Å². The fourth-order valence-corrected chi connectivity index (χ4v) is 4.29. The summed E-state index contributed by atoms with van der Waals surface area (Å²) in [7, 11) is 0. The predicted octanol–water partition coefficient (Wildman–Crippen LogP) is 2.62. The molecule has 0 atom stereocenters. The van der Waals surface area contributed by atoms with Crippen molar-refractivity contribution in [3.8, 4) is 0 Å². The van der Waals surface area contributed by atoms with Gasteiger partial charge in [-0.25, -0.2) is 0 Å². The maximum Gasteiger partial charge on any atom is 0.234 e. The van der Waals surface area contributed by atoms with E-state index in [0.29, 0.717) is 19.6 Å². The third-order valence-electron chi connectivity index (χ3n) is 5.95. The van der Waals surface area contributed by atoms with Gasteiger partial charge < -0.3 is 15.5 Å². The Kier molecular flexibility index (Phi) is 5.53. The molecule has 2 heterocycles. The van der Waals surface area contributed by atoms with Crippen LogP contribution in [-0.2, 0) is 16.1 Å². The van der Waals surface area contributed by atoms with Gasteiger partial charge in [0, 0.05) is 33.1 Å². The molecule has 0 unspecified atom stereocenters. The molecule has 0 radical (unpaired) electrons. The first-order chi connectivity index (χ1) is 14.0. The Balaban J connectivity index is 1.33. The lowest BCUT2D eigenvalue weighted by atomic mass is 9.84. The summed E-state index contributed by atoms with van der Waals surface area (Å²) in [5.74, 6) is 0.123. The molecule has 2 aliphatic heterocycles. The lowest BCUT2D eigenvalue weighted by Gasteiger charge is -2.48. The Morgan fingerprint density at radius 3 is 2.45 bits per heavy atom. The van der Waals surface area contributed by atoms with Crippen molar-refractivity contribution in [1.82, 2.24) is 10.2 Å². The third kappa shape index (κ3) is 4.43. The summed E-state index contributed by atoms with van der Waals surface area (Å²) in [6.07, 6.45) is 1.80. The standard InChI is InChI=1S/C23H28N4O2/c1-18(28)27-17-23(25-20-9-5-6-10-21(20)27)11-13-26(14-12-23)16-22(29)24-15-19-7-3-2-4-8-19/h2-10,25H,11-17H2,1H3,(H,24,29). The van der Waals surface area contributed by atoms with E-state index in [9.17, 15) is 9.59 Å². The van der Waals surface area contributed by atoms with E-state index in [-0.39, 0.29) is 17.4 Å². The van der Waals surface area contributed by atoms with Gasteiger partial charge in [-0.15, -0.1) is 0 Å². The minimum absolute atomic E-state index is 0.0529. The molecule has 6 heteroatoms. The van der Waals surface area contributed by atoms with Crippen molar-refractivity contribution in [1.29, 1.82) is 0 Å². The number of carbonyl (C=O) groups is 2. The molecule has 2 aromatic carbocycles. The number of rotatable bonds is 4. The Morgan fingerprint density at radius 2 is 1.72 bits per heavy atom. The predicted molar refractivity (Wildman–Crippen MR) is 115 cm³/mol. The zero-order chi connectivity index (χ0) is 20.3. The van der Waals surface area contributed by atoms with Crippen LogP contribution in [0, 0.1) is 0 Å². The highest BCUT2D eigenvalue weighted by molar-refractivity contribution is 5.96. The van der Waals surface area contributed by atoms with Crippen LogP contribution >= 0.6 is 0 Å². The minimum atomic E-state index is -0.128. The van der Waals surface area contributed by atoms with E-state index in [1.165, 1.54) is 0 Å². The highest BCUT2D eigenvalue weighted by Crippen LogP contribution is 2.38. The van der Waals surface area contributed by atoms with Gasteiger partial charge in [0.05, 0.1) is 23.5 Å². The summed E-state index contributed by atoms with van der Waals surface area (Å²) in [4.78, 5) is 28.6. The lowest BCUT2D eigenvalue weighted by molar-refractivity contribution is -0.122. The average Bonchev–Trinajstić information content (AvgIpc) is 2.74. The van der Waals surface area contributed by atoms with Crippen LogP contribution in [0.25, 0.3) is 0 Å². The molecule has 0 aromatic heterocycles. The molecule has 1 saturated heterocycles. The normalized spacial score (nSPS) is 18.0. The van der Waals surface area contributed by atoms with Gasteiger partial charge in [0.2, 0.25) is 11.8 Å². The van der Waals surface area contributed by atoms with Gasteiger partial charge in [-0.1, -0.05) is 42.5 Å². The number of nitrogens with one attached hydrogen (secondary N) is 2. The van der Waals surface area contributed by atoms with Gasteiger partial charge in [-0.3, -0.25) is 14.5 Å². The zero-order valence-electron chi connectivity index (χ0n) is 16.9. The largest absolute Gasteiger partial charge is 0.376 e. The number of anilines is 2. The lowest BCUT2D eigenvalue weighted by Crippen LogP contribution is -2.59. The molecule has 1 fully saturated rings. The monoisotopic (exact) mass is 392 g/mol. The van der Waals surface area contributed by atoms with E-state index in [1.807, 2.05) is 59.5 Å². The molecular formula is C23H28N4O2. The van der Waals surface area contributed by atoms with E-state index in [4.69, 9.17) is 0 Å². The summed E-state index contributed by atoms with van der Waals surface area (Å²) in [6.45, 7) is 4.94. The SMILES string of the molecule is CC(=O)N1CC2(CCN(CC(=O)NCc3ccccc3)CC2)Nc2ccccc21. The molecule has 4 rings (SSSR count). The fourth-order valence-electron chi connectivity index (χ4n) is 4.29. The maximum absolute atomic E-state index is 12.3. The Bertz CT molecular complexity index is 875. The molecule has 0 saturated carbocycles. The number of piperidine rings is 1. The molecule has 152 valence electrons. The number of benzene rings is 2. The Hall–Kier alpha value is -2.86. The summed E-state index contributed by atoms with van der Waals surface area (Å²) in [5, 5.41) is 6.70. The second-order valence-electron chi connectivity index (χ2n) is 8.07. The second-order valence-corrected chi connectivity index (χ2v) is 8.07. The molecule has 6 nitrogen and oxygen atoms in total. The van der Waals surface area contributed by atoms with Gasteiger partial charge in [-0.2, -0.15) is 0 Å². The second kappa shape index (κ2) is 8.25. The van der Waals surface area contributed by atoms with Crippen molar-refractivity contribution < 1.29 is 9.59 Å². The molecular weight excluding hydrogens is 364 g/mol. The summed E-state index contributed by atoms with van der Waals surface area (Å²) < 4.78 is 0. The summed E-state index contributed by atoms with van der Waals surface area (Å²) in [6, 6.07) is 17.9. The highest BCUT2D eigenvalue weighted by atomic mass is 16.2. The number of carbonyl (C=O) groups excluding carboxylic acids is 2. The van der Waals surface area contributed by atoms with Crippen molar-refractivity contribution in [3.63, 3.8) is 0 Å². The van der Waals surface area contributed by atoms with Gasteiger partial charge >= 0.3 is 0 Å². The maximum atomic E-state index is 12.3. The quantitative estimate of drug-likeness (QED) is 0.840. The van der Waals surface area contributed by atoms with E-state index >= 15 is 0 Å². The van der Waals surface area contributed by atoms with Crippen molar-refractivity contribution in [3.05, 3.63) is 60.2 Å². The van der Waals surface area contributed by atoms with Crippen LogP contribution in [0.4, 0.5) is 11.4 Å². The number of para-hydroxylation sites is 2. The van der Waals surface area contributed by atoms with Crippen LogP contribution in [-0.4, -0.2) is 48.4 Å². The van der Waals surface area contributed by atoms with Gasteiger partial charge in [-0.05, 0) is 30.5 Å². The molecule has 2 aromatic rings. The molecule has 2 aliphatic rings. The van der Waals surface area contributed by atoms with Crippen LogP contribution in [0.5, 0.6) is 0 Å². The van der Waals surface area contributed by atoms with Crippen molar-refractivity contribution >= 4 is 23.2 Å². The first kappa shape index (κ1) is 19.5. The number of amides is 2. The van der Waals surface area contributed by atoms with Crippen LogP contribution in [0.15, 0.2) is 54.6 Å². The number of fused-ring (bicyclic) bond motifs is 1. The molecule has 0 bridgehead atoms. The first-order valence-electron chi connectivity index (χ1n) is 10.2. The number of hydrogen-bond acceptors (Lipinski definition) is 4. The zero-order valence-corrected chi connectivity index (χ0v) is 16.9. The van der Waals surface area contributed by atoms with E-state index in [0.717, 1.165) is 42.9 Å². The first-order valence-corrected chi connectivity index (χ1v) is 10.2. The van der Waals surface area contributed by atoms with Gasteiger partial charge in [0.1, 0.15) is 0 Å². The molecule has 29 heavy (non-hydrogen) atoms. The Morgan fingerprint density at radius 1 is 1.03 bits per heavy atom. The van der Waals surface area contributed by atoms with E-state index in [1.54, 1.807) is 6.92 Å². The smallest absolute Gasteiger partial charge is 0.234 e. The number of hydrogen-bond donors (Lipinski definition) is 2. The molecule has 0 aliphatic carbocycles. The van der Waals surface area contributed by atoms with E-state index in [2.05, 4.69) is 15.5 Å². The molecule has 2 N–H and O–H groups in total. The Labute approximate surface area is 171 Å². The molecule has 2 amide bonds. The van der Waals surface area contributed by atoms with Crippen LogP contribution < -0.4 is 15.5 Å². The number of likely N-dealkylation sites (tertiary alicyclic amines) is 1. The average molecular weight is 393 g/mol. The summed E-state index contributed by atoms with van der Waals surface area (Å²) >= 11 is 0. The van der Waals surface area contributed by atoms with Crippen LogP contribution in [0.1, 0.15) is 25.3 Å². The van der Waals surface area contributed by atoms with E-state index < -0.39 is 0 Å². The topological polar surface area (TPSA) is 64.7 Å². The van der Waals surface area contributed by atoms with Crippen LogP contribution in [0.2, 0.25) is 0 Å². The number of nitrogens with zero attached hydrogens (tertiary/aromatic N) is 2. The molecule has 1 spiro atoms. The van der Waals surface area contributed by atoms with Crippen LogP contribution in [0.3, 0.4) is 0 Å². The van der Waals surface area contributed by atoms with Crippen molar-refractivity contribution in [2.45, 2.75) is 31.8 Å². The minimum Gasteiger partial charge on any atom is -0.376 e. The third-order valence-corrected chi connectivity index (χ3v) is 5.95. The fraction of sp³-hybridized carbons (Fsp3) is 0.391. The van der Waals surface area contributed by atoms with Gasteiger partial charge in [0.15, 0.2) is 0 Å². The van der Waals surface area contributed by atoms with Crippen molar-refractivity contribution in [2.75, 3.05) is 36.4 Å². The summed E-state index contributed by atoms with van der Waals surface area (Å²) in [5.41, 5.74) is 2.95. The van der Waals surface area contributed by atoms with Crippen molar-refractivity contribution in [2.24, 2.45) is 0 Å². The highest BCUT2D eigenvalue weighted by Gasteiger charge is 2.41.